The number of carbonyl (C=O) groups excluding carboxylic acids is 1. The number of benzene rings is 2. The highest BCUT2D eigenvalue weighted by molar-refractivity contribution is 7.99. The van der Waals surface area contributed by atoms with Crippen molar-refractivity contribution in [1.82, 2.24) is 9.55 Å². The van der Waals surface area contributed by atoms with Crippen LogP contribution in [0.2, 0.25) is 0 Å². The van der Waals surface area contributed by atoms with Crippen molar-refractivity contribution in [1.29, 1.82) is 0 Å². The van der Waals surface area contributed by atoms with E-state index >= 15 is 0 Å². The molecule has 4 rings (SSSR count). The van der Waals surface area contributed by atoms with Crippen molar-refractivity contribution < 1.29 is 14.3 Å². The topological polar surface area (TPSA) is 82.5 Å². The van der Waals surface area contributed by atoms with E-state index < -0.39 is 0 Å². The minimum Gasteiger partial charge on any atom is -0.497 e. The molecule has 4 aromatic rings. The molecule has 0 radical (unpaired) electrons. The fraction of sp³-hybridized carbons (Fsp3) is 0.320. The minimum absolute atomic E-state index is 0.0752. The van der Waals surface area contributed by atoms with Gasteiger partial charge in [-0.3, -0.25) is 14.2 Å². The number of hydrogen-bond donors (Lipinski definition) is 1. The lowest BCUT2D eigenvalue weighted by Crippen LogP contribution is -2.24. The van der Waals surface area contributed by atoms with Gasteiger partial charge in [0.2, 0.25) is 5.91 Å². The number of thioether (sulfide) groups is 1. The first-order valence-electron chi connectivity index (χ1n) is 11.1. The maximum absolute atomic E-state index is 13.4. The van der Waals surface area contributed by atoms with Crippen LogP contribution in [0.1, 0.15) is 20.3 Å². The van der Waals surface area contributed by atoms with Crippen molar-refractivity contribution in [2.45, 2.75) is 38.1 Å². The van der Waals surface area contributed by atoms with E-state index in [1.54, 1.807) is 35.9 Å². The Labute approximate surface area is 206 Å². The van der Waals surface area contributed by atoms with Gasteiger partial charge in [0, 0.05) is 28.9 Å². The zero-order chi connectivity index (χ0) is 24.1. The van der Waals surface area contributed by atoms with Crippen LogP contribution < -0.4 is 15.6 Å². The summed E-state index contributed by atoms with van der Waals surface area (Å²) < 4.78 is 14.1. The van der Waals surface area contributed by atoms with Gasteiger partial charge in [-0.1, -0.05) is 30.0 Å². The Morgan fingerprint density at radius 2 is 1.94 bits per heavy atom. The third-order valence-electron chi connectivity index (χ3n) is 5.13. The predicted molar refractivity (Wildman–Crippen MR) is 139 cm³/mol. The Morgan fingerprint density at radius 1 is 1.18 bits per heavy atom. The standard InChI is InChI=1S/C25H27N3O4S2/c1-16(2)32-14-6-13-28-24(30)23-22(19-7-4-5-8-20(19)34-23)27-25(28)33-15-21(29)26-17-9-11-18(31-3)12-10-17/h4-5,7-12,16H,6,13-15H2,1-3H3,(H,26,29). The molecule has 0 saturated heterocycles. The number of rotatable bonds is 10. The molecule has 9 heteroatoms. The van der Waals surface area contributed by atoms with E-state index in [0.717, 1.165) is 15.8 Å². The molecule has 0 aliphatic rings. The predicted octanol–water partition coefficient (Wildman–Crippen LogP) is 5.17. The first-order valence-corrected chi connectivity index (χ1v) is 12.9. The van der Waals surface area contributed by atoms with Gasteiger partial charge in [-0.25, -0.2) is 4.98 Å². The van der Waals surface area contributed by atoms with E-state index in [0.29, 0.717) is 40.6 Å². The molecule has 178 valence electrons. The van der Waals surface area contributed by atoms with Gasteiger partial charge in [0.1, 0.15) is 10.4 Å². The van der Waals surface area contributed by atoms with Crippen molar-refractivity contribution in [2.24, 2.45) is 0 Å². The number of ether oxygens (including phenoxy) is 2. The van der Waals surface area contributed by atoms with E-state index in [1.165, 1.54) is 23.1 Å². The number of hydrogen-bond acceptors (Lipinski definition) is 7. The summed E-state index contributed by atoms with van der Waals surface area (Å²) in [6.45, 7) is 5.00. The summed E-state index contributed by atoms with van der Waals surface area (Å²) in [4.78, 5) is 30.9. The number of nitrogens with one attached hydrogen (secondary N) is 1. The summed E-state index contributed by atoms with van der Waals surface area (Å²) in [5.41, 5.74) is 1.30. The molecule has 2 heterocycles. The van der Waals surface area contributed by atoms with Crippen molar-refractivity contribution in [3.8, 4) is 5.75 Å². The van der Waals surface area contributed by atoms with Crippen LogP contribution in [0.15, 0.2) is 58.5 Å². The normalized spacial score (nSPS) is 11.4. The average molecular weight is 498 g/mol. The summed E-state index contributed by atoms with van der Waals surface area (Å²) in [5, 5.41) is 4.37. The second-order valence-corrected chi connectivity index (χ2v) is 9.96. The van der Waals surface area contributed by atoms with Crippen molar-refractivity contribution in [2.75, 3.05) is 24.8 Å². The second-order valence-electron chi connectivity index (χ2n) is 7.97. The van der Waals surface area contributed by atoms with Gasteiger partial charge < -0.3 is 14.8 Å². The molecule has 0 aliphatic carbocycles. The van der Waals surface area contributed by atoms with Crippen LogP contribution in [0.5, 0.6) is 5.75 Å². The minimum atomic E-state index is -0.172. The molecule has 2 aromatic carbocycles. The highest BCUT2D eigenvalue weighted by Gasteiger charge is 2.17. The Balaban J connectivity index is 1.57. The van der Waals surface area contributed by atoms with E-state index in [2.05, 4.69) is 5.32 Å². The molecule has 0 atom stereocenters. The second kappa shape index (κ2) is 11.0. The number of aromatic nitrogens is 2. The molecule has 7 nitrogen and oxygen atoms in total. The lowest BCUT2D eigenvalue weighted by Gasteiger charge is -2.13. The summed E-state index contributed by atoms with van der Waals surface area (Å²) in [6.07, 6.45) is 0.817. The van der Waals surface area contributed by atoms with E-state index in [9.17, 15) is 9.59 Å². The zero-order valence-corrected chi connectivity index (χ0v) is 21.0. The molecular weight excluding hydrogens is 470 g/mol. The van der Waals surface area contributed by atoms with Crippen molar-refractivity contribution >= 4 is 55.0 Å². The summed E-state index contributed by atoms with van der Waals surface area (Å²) in [7, 11) is 1.60. The summed E-state index contributed by atoms with van der Waals surface area (Å²) >= 11 is 2.72. The molecule has 2 aromatic heterocycles. The molecule has 1 N–H and O–H groups in total. The number of fused-ring (bicyclic) bond motifs is 3. The number of thiophene rings is 1. The van der Waals surface area contributed by atoms with Gasteiger partial charge in [0.05, 0.1) is 24.5 Å². The SMILES string of the molecule is COc1ccc(NC(=O)CSc2nc3c(sc4ccccc43)c(=O)n2CCCOC(C)C)cc1. The maximum atomic E-state index is 13.4. The smallest absolute Gasteiger partial charge is 0.272 e. The molecule has 0 fully saturated rings. The van der Waals surface area contributed by atoms with Crippen LogP contribution >= 0.6 is 23.1 Å². The zero-order valence-electron chi connectivity index (χ0n) is 19.4. The Morgan fingerprint density at radius 3 is 2.68 bits per heavy atom. The van der Waals surface area contributed by atoms with Gasteiger partial charge in [-0.2, -0.15) is 0 Å². The quantitative estimate of drug-likeness (QED) is 0.185. The van der Waals surface area contributed by atoms with Gasteiger partial charge in [-0.15, -0.1) is 11.3 Å². The average Bonchev–Trinajstić information content (AvgIpc) is 3.21. The van der Waals surface area contributed by atoms with Crippen LogP contribution in [0.3, 0.4) is 0 Å². The third-order valence-corrected chi connectivity index (χ3v) is 7.25. The highest BCUT2D eigenvalue weighted by atomic mass is 32.2. The van der Waals surface area contributed by atoms with Crippen molar-refractivity contribution in [3.63, 3.8) is 0 Å². The van der Waals surface area contributed by atoms with Crippen LogP contribution in [0.4, 0.5) is 5.69 Å². The summed E-state index contributed by atoms with van der Waals surface area (Å²) in [6, 6.07) is 15.0. The number of amides is 1. The highest BCUT2D eigenvalue weighted by Crippen LogP contribution is 2.32. The van der Waals surface area contributed by atoms with Gasteiger partial charge in [0.15, 0.2) is 5.16 Å². The maximum Gasteiger partial charge on any atom is 0.272 e. The number of carbonyl (C=O) groups is 1. The number of methoxy groups -OCH3 is 1. The summed E-state index contributed by atoms with van der Waals surface area (Å²) in [5.74, 6) is 0.682. The number of anilines is 1. The molecule has 0 saturated carbocycles. The molecule has 0 spiro atoms. The first-order chi connectivity index (χ1) is 16.5. The monoisotopic (exact) mass is 497 g/mol. The molecule has 34 heavy (non-hydrogen) atoms. The van der Waals surface area contributed by atoms with E-state index in [4.69, 9.17) is 14.5 Å². The molecular formula is C25H27N3O4S2. The van der Waals surface area contributed by atoms with E-state index in [1.807, 2.05) is 38.1 Å². The lowest BCUT2D eigenvalue weighted by atomic mass is 10.2. The van der Waals surface area contributed by atoms with E-state index in [-0.39, 0.29) is 23.3 Å². The Kier molecular flexibility index (Phi) is 7.87. The van der Waals surface area contributed by atoms with Gasteiger partial charge >= 0.3 is 0 Å². The fourth-order valence-corrected chi connectivity index (χ4v) is 5.41. The van der Waals surface area contributed by atoms with Crippen LogP contribution in [0, 0.1) is 0 Å². The third kappa shape index (κ3) is 5.60. The van der Waals surface area contributed by atoms with Gasteiger partial charge in [-0.05, 0) is 50.6 Å². The molecule has 0 unspecified atom stereocenters. The van der Waals surface area contributed by atoms with Gasteiger partial charge in [0.25, 0.3) is 5.56 Å². The number of nitrogens with zero attached hydrogens (tertiary/aromatic N) is 2. The van der Waals surface area contributed by atoms with Crippen LogP contribution in [-0.4, -0.2) is 41.0 Å². The lowest BCUT2D eigenvalue weighted by molar-refractivity contribution is -0.113. The Bertz CT molecular complexity index is 1350. The fourth-order valence-electron chi connectivity index (χ4n) is 3.50. The van der Waals surface area contributed by atoms with Crippen LogP contribution in [-0.2, 0) is 16.1 Å². The molecule has 1 amide bonds. The van der Waals surface area contributed by atoms with Crippen molar-refractivity contribution in [3.05, 3.63) is 58.9 Å². The van der Waals surface area contributed by atoms with Crippen LogP contribution in [0.25, 0.3) is 20.3 Å². The largest absolute Gasteiger partial charge is 0.497 e. The first kappa shape index (κ1) is 24.3. The molecule has 0 aliphatic heterocycles. The Hall–Kier alpha value is -2.88. The molecule has 0 bridgehead atoms.